The number of hydrogen-bond donors (Lipinski definition) is 1. The largest absolute Gasteiger partial charge is 0.456 e. The molecular formula is C25H17NO. The van der Waals surface area contributed by atoms with E-state index in [2.05, 4.69) is 90.8 Å². The van der Waals surface area contributed by atoms with E-state index < -0.39 is 0 Å². The first-order valence-corrected chi connectivity index (χ1v) is 9.20. The maximum atomic E-state index is 6.01. The third-order valence-corrected chi connectivity index (χ3v) is 5.46. The average Bonchev–Trinajstić information content (AvgIpc) is 3.25. The van der Waals surface area contributed by atoms with E-state index in [1.807, 2.05) is 0 Å². The fraction of sp³-hybridized carbons (Fsp3) is 0.0400. The first-order valence-electron chi connectivity index (χ1n) is 9.20. The van der Waals surface area contributed by atoms with Crippen LogP contribution in [0.3, 0.4) is 0 Å². The Balaban J connectivity index is 1.61. The lowest BCUT2D eigenvalue weighted by atomic mass is 10.0. The van der Waals surface area contributed by atoms with Gasteiger partial charge >= 0.3 is 0 Å². The number of para-hydroxylation sites is 1. The van der Waals surface area contributed by atoms with E-state index in [0.717, 1.165) is 11.2 Å². The summed E-state index contributed by atoms with van der Waals surface area (Å²) in [7, 11) is 0. The minimum atomic E-state index is 0.938. The van der Waals surface area contributed by atoms with Gasteiger partial charge in [0, 0.05) is 32.6 Å². The highest BCUT2D eigenvalue weighted by Crippen LogP contribution is 2.35. The lowest BCUT2D eigenvalue weighted by Gasteiger charge is -2.03. The maximum Gasteiger partial charge on any atom is 0.135 e. The zero-order chi connectivity index (χ0) is 18.0. The summed E-state index contributed by atoms with van der Waals surface area (Å²) in [6.07, 6.45) is 0. The van der Waals surface area contributed by atoms with E-state index in [4.69, 9.17) is 4.42 Å². The van der Waals surface area contributed by atoms with Crippen LogP contribution in [0.2, 0.25) is 0 Å². The van der Waals surface area contributed by atoms with Gasteiger partial charge in [0.2, 0.25) is 0 Å². The number of hydrogen-bond acceptors (Lipinski definition) is 1. The number of aromatic amines is 1. The highest BCUT2D eigenvalue weighted by Gasteiger charge is 2.10. The molecule has 0 radical (unpaired) electrons. The van der Waals surface area contributed by atoms with E-state index in [1.165, 1.54) is 49.3 Å². The first kappa shape index (κ1) is 14.6. The van der Waals surface area contributed by atoms with Crippen LogP contribution in [-0.4, -0.2) is 4.98 Å². The van der Waals surface area contributed by atoms with E-state index in [0.29, 0.717) is 0 Å². The Morgan fingerprint density at radius 1 is 0.593 bits per heavy atom. The molecule has 6 rings (SSSR count). The summed E-state index contributed by atoms with van der Waals surface area (Å²) in [4.78, 5) is 3.50. The topological polar surface area (TPSA) is 28.9 Å². The number of furan rings is 1. The van der Waals surface area contributed by atoms with Crippen LogP contribution in [-0.2, 0) is 0 Å². The molecule has 2 nitrogen and oxygen atoms in total. The van der Waals surface area contributed by atoms with Gasteiger partial charge in [0.25, 0.3) is 0 Å². The Hall–Kier alpha value is -3.52. The number of rotatable bonds is 1. The van der Waals surface area contributed by atoms with Crippen LogP contribution in [0.25, 0.3) is 54.9 Å². The van der Waals surface area contributed by atoms with Crippen molar-refractivity contribution in [2.45, 2.75) is 6.92 Å². The average molecular weight is 347 g/mol. The normalized spacial score (nSPS) is 11.9. The lowest BCUT2D eigenvalue weighted by molar-refractivity contribution is 0.669. The number of aryl methyl sites for hydroxylation is 1. The van der Waals surface area contributed by atoms with E-state index in [9.17, 15) is 0 Å². The Morgan fingerprint density at radius 3 is 2.15 bits per heavy atom. The van der Waals surface area contributed by atoms with E-state index >= 15 is 0 Å². The smallest absolute Gasteiger partial charge is 0.135 e. The highest BCUT2D eigenvalue weighted by molar-refractivity contribution is 6.09. The zero-order valence-electron chi connectivity index (χ0n) is 14.9. The third-order valence-electron chi connectivity index (χ3n) is 5.46. The molecule has 1 N–H and O–H groups in total. The van der Waals surface area contributed by atoms with Gasteiger partial charge < -0.3 is 9.40 Å². The van der Waals surface area contributed by atoms with Crippen LogP contribution in [0.4, 0.5) is 0 Å². The van der Waals surface area contributed by atoms with Crippen LogP contribution in [0.5, 0.6) is 0 Å². The monoisotopic (exact) mass is 347 g/mol. The van der Waals surface area contributed by atoms with Gasteiger partial charge in [-0.15, -0.1) is 0 Å². The van der Waals surface area contributed by atoms with Crippen molar-refractivity contribution >= 4 is 43.7 Å². The van der Waals surface area contributed by atoms with Crippen molar-refractivity contribution in [3.63, 3.8) is 0 Å². The summed E-state index contributed by atoms with van der Waals surface area (Å²) in [6, 6.07) is 27.9. The fourth-order valence-corrected chi connectivity index (χ4v) is 4.10. The number of fused-ring (bicyclic) bond motifs is 6. The molecule has 0 fully saturated rings. The van der Waals surface area contributed by atoms with Crippen molar-refractivity contribution < 1.29 is 4.42 Å². The van der Waals surface area contributed by atoms with Crippen molar-refractivity contribution in [1.29, 1.82) is 0 Å². The van der Waals surface area contributed by atoms with Gasteiger partial charge in [0.15, 0.2) is 0 Å². The van der Waals surface area contributed by atoms with E-state index in [1.54, 1.807) is 0 Å². The van der Waals surface area contributed by atoms with Crippen LogP contribution in [0, 0.1) is 6.92 Å². The number of benzene rings is 4. The SMILES string of the molecule is Cc1ccc2oc3ccc(-c4ccc5[nH]c6ccccc6c5c4)cc3c2c1. The van der Waals surface area contributed by atoms with Gasteiger partial charge in [-0.25, -0.2) is 0 Å². The summed E-state index contributed by atoms with van der Waals surface area (Å²) in [5.74, 6) is 0. The molecule has 0 saturated carbocycles. The standard InChI is InChI=1S/C25H17NO/c1-15-6-10-24-20(12-15)21-14-17(8-11-25(21)27-24)16-7-9-23-19(13-16)18-4-2-3-5-22(18)26-23/h2-14,26H,1H3. The van der Waals surface area contributed by atoms with Gasteiger partial charge in [-0.05, 0) is 60.5 Å². The van der Waals surface area contributed by atoms with Crippen molar-refractivity contribution in [1.82, 2.24) is 4.98 Å². The minimum Gasteiger partial charge on any atom is -0.456 e. The number of aromatic nitrogens is 1. The molecule has 4 aromatic carbocycles. The minimum absolute atomic E-state index is 0.938. The van der Waals surface area contributed by atoms with Gasteiger partial charge in [-0.2, -0.15) is 0 Å². The number of H-pyrrole nitrogens is 1. The summed E-state index contributed by atoms with van der Waals surface area (Å²) in [6.45, 7) is 2.12. The molecule has 0 spiro atoms. The van der Waals surface area contributed by atoms with Crippen molar-refractivity contribution in [2.24, 2.45) is 0 Å². The van der Waals surface area contributed by atoms with Gasteiger partial charge in [0.1, 0.15) is 11.2 Å². The van der Waals surface area contributed by atoms with Crippen LogP contribution >= 0.6 is 0 Å². The molecule has 27 heavy (non-hydrogen) atoms. The molecule has 0 aliphatic rings. The molecule has 2 aromatic heterocycles. The summed E-state index contributed by atoms with van der Waals surface area (Å²) >= 11 is 0. The molecule has 6 aromatic rings. The van der Waals surface area contributed by atoms with Crippen LogP contribution in [0.15, 0.2) is 83.3 Å². The Kier molecular flexibility index (Phi) is 2.84. The zero-order valence-corrected chi connectivity index (χ0v) is 14.9. The summed E-state index contributed by atoms with van der Waals surface area (Å²) < 4.78 is 6.01. The third kappa shape index (κ3) is 2.13. The Bertz CT molecular complexity index is 1480. The fourth-order valence-electron chi connectivity index (χ4n) is 4.10. The van der Waals surface area contributed by atoms with Gasteiger partial charge in [0.05, 0.1) is 0 Å². The Labute approximate surface area is 156 Å². The molecule has 0 atom stereocenters. The number of nitrogens with one attached hydrogen (secondary N) is 1. The molecule has 0 saturated heterocycles. The molecule has 0 bridgehead atoms. The maximum absolute atomic E-state index is 6.01. The molecule has 0 unspecified atom stereocenters. The quantitative estimate of drug-likeness (QED) is 0.335. The molecule has 128 valence electrons. The molecule has 0 amide bonds. The molecule has 0 aliphatic carbocycles. The summed E-state index contributed by atoms with van der Waals surface area (Å²) in [5, 5.41) is 4.88. The van der Waals surface area contributed by atoms with Crippen LogP contribution in [0.1, 0.15) is 5.56 Å². The second-order valence-corrected chi connectivity index (χ2v) is 7.24. The first-order chi connectivity index (χ1) is 13.3. The van der Waals surface area contributed by atoms with Crippen molar-refractivity contribution in [3.05, 3.63) is 84.4 Å². The van der Waals surface area contributed by atoms with Crippen molar-refractivity contribution in [3.8, 4) is 11.1 Å². The lowest BCUT2D eigenvalue weighted by Crippen LogP contribution is -1.78. The molecule has 0 aliphatic heterocycles. The van der Waals surface area contributed by atoms with Gasteiger partial charge in [-0.3, -0.25) is 0 Å². The summed E-state index contributed by atoms with van der Waals surface area (Å²) in [5.41, 5.74) is 7.90. The van der Waals surface area contributed by atoms with Crippen LogP contribution < -0.4 is 0 Å². The molecule has 2 heterocycles. The second-order valence-electron chi connectivity index (χ2n) is 7.24. The van der Waals surface area contributed by atoms with E-state index in [-0.39, 0.29) is 0 Å². The molecular weight excluding hydrogens is 330 g/mol. The van der Waals surface area contributed by atoms with Gasteiger partial charge in [-0.1, -0.05) is 42.0 Å². The second kappa shape index (κ2) is 5.24. The predicted molar refractivity (Wildman–Crippen MR) is 113 cm³/mol. The van der Waals surface area contributed by atoms with Crippen molar-refractivity contribution in [2.75, 3.05) is 0 Å². The molecule has 2 heteroatoms. The Morgan fingerprint density at radius 2 is 1.26 bits per heavy atom. The highest BCUT2D eigenvalue weighted by atomic mass is 16.3. The predicted octanol–water partition coefficient (Wildman–Crippen LogP) is 7.20.